The van der Waals surface area contributed by atoms with Crippen molar-refractivity contribution in [2.75, 3.05) is 6.61 Å². The Bertz CT molecular complexity index is 690. The van der Waals surface area contributed by atoms with E-state index in [0.29, 0.717) is 11.3 Å². The lowest BCUT2D eigenvalue weighted by Gasteiger charge is -2.16. The first-order chi connectivity index (χ1) is 11.0. The van der Waals surface area contributed by atoms with Crippen molar-refractivity contribution in [3.8, 4) is 0 Å². The number of hydrogen-bond donors (Lipinski definition) is 2. The van der Waals surface area contributed by atoms with Crippen LogP contribution in [0.4, 0.5) is 4.39 Å². The van der Waals surface area contributed by atoms with E-state index in [4.69, 9.17) is 16.1 Å². The largest absolute Gasteiger partial charge is 0.394 e. The third-order valence-electron chi connectivity index (χ3n) is 3.70. The van der Waals surface area contributed by atoms with Crippen molar-refractivity contribution in [3.63, 3.8) is 0 Å². The summed E-state index contributed by atoms with van der Waals surface area (Å²) >= 11 is 5.63. The quantitative estimate of drug-likeness (QED) is 0.844. The SMILES string of the molecule is CCC(C)c1cc(C(=O)NC(CO)c2ccc(Cl)c(F)c2)on1. The molecule has 5 nitrogen and oxygen atoms in total. The molecule has 2 N–H and O–H groups in total. The lowest BCUT2D eigenvalue weighted by Crippen LogP contribution is -2.30. The number of halogens is 2. The van der Waals surface area contributed by atoms with Crippen molar-refractivity contribution >= 4 is 17.5 Å². The number of nitrogens with zero attached hydrogens (tertiary/aromatic N) is 1. The summed E-state index contributed by atoms with van der Waals surface area (Å²) in [5, 5.41) is 15.9. The first-order valence-corrected chi connectivity index (χ1v) is 7.67. The predicted octanol–water partition coefficient (Wildman–Crippen LogP) is 3.44. The van der Waals surface area contributed by atoms with Crippen LogP contribution < -0.4 is 5.32 Å². The molecule has 0 aliphatic rings. The topological polar surface area (TPSA) is 75.4 Å². The number of aromatic nitrogens is 1. The van der Waals surface area contributed by atoms with Crippen LogP contribution in [-0.4, -0.2) is 22.8 Å². The molecule has 7 heteroatoms. The van der Waals surface area contributed by atoms with Gasteiger partial charge in [-0.1, -0.05) is 36.7 Å². The minimum atomic E-state index is -0.772. The molecule has 0 aliphatic carbocycles. The Morgan fingerprint density at radius 1 is 1.48 bits per heavy atom. The second-order valence-corrected chi connectivity index (χ2v) is 5.71. The van der Waals surface area contributed by atoms with E-state index >= 15 is 0 Å². The fourth-order valence-electron chi connectivity index (χ4n) is 2.03. The van der Waals surface area contributed by atoms with Gasteiger partial charge in [-0.3, -0.25) is 4.79 Å². The van der Waals surface area contributed by atoms with Crippen LogP contribution >= 0.6 is 11.6 Å². The number of benzene rings is 1. The van der Waals surface area contributed by atoms with Crippen molar-refractivity contribution in [2.45, 2.75) is 32.2 Å². The summed E-state index contributed by atoms with van der Waals surface area (Å²) in [4.78, 5) is 12.2. The number of carbonyl (C=O) groups excluding carboxylic acids is 1. The molecule has 2 atom stereocenters. The maximum absolute atomic E-state index is 13.5. The molecule has 0 spiro atoms. The standard InChI is InChI=1S/C16H18ClFN2O3/c1-3-9(2)13-7-15(23-20-13)16(22)19-14(8-21)10-4-5-11(17)12(18)6-10/h4-7,9,14,21H,3,8H2,1-2H3,(H,19,22). The second kappa shape index (κ2) is 7.57. The van der Waals surface area contributed by atoms with Crippen LogP contribution in [0.3, 0.4) is 0 Å². The summed E-state index contributed by atoms with van der Waals surface area (Å²) in [6.45, 7) is 3.60. The maximum Gasteiger partial charge on any atom is 0.290 e. The van der Waals surface area contributed by atoms with Crippen molar-refractivity contribution < 1.29 is 18.8 Å². The fourth-order valence-corrected chi connectivity index (χ4v) is 2.15. The third kappa shape index (κ3) is 4.09. The van der Waals surface area contributed by atoms with E-state index in [9.17, 15) is 14.3 Å². The van der Waals surface area contributed by atoms with Gasteiger partial charge in [-0.15, -0.1) is 0 Å². The van der Waals surface area contributed by atoms with E-state index in [0.717, 1.165) is 6.42 Å². The van der Waals surface area contributed by atoms with Gasteiger partial charge in [0, 0.05) is 12.0 Å². The Morgan fingerprint density at radius 2 is 2.22 bits per heavy atom. The molecule has 124 valence electrons. The summed E-state index contributed by atoms with van der Waals surface area (Å²) in [6, 6.07) is 4.88. The summed E-state index contributed by atoms with van der Waals surface area (Å²) in [6.07, 6.45) is 0.872. The molecule has 0 saturated carbocycles. The average molecular weight is 341 g/mol. The smallest absolute Gasteiger partial charge is 0.290 e. The van der Waals surface area contributed by atoms with Crippen molar-refractivity contribution in [1.29, 1.82) is 0 Å². The van der Waals surface area contributed by atoms with Gasteiger partial charge in [-0.2, -0.15) is 0 Å². The summed E-state index contributed by atoms with van der Waals surface area (Å²) in [5.74, 6) is -0.912. The van der Waals surface area contributed by atoms with E-state index in [1.165, 1.54) is 18.2 Å². The van der Waals surface area contributed by atoms with Gasteiger partial charge in [-0.05, 0) is 24.1 Å². The number of hydrogen-bond acceptors (Lipinski definition) is 4. The van der Waals surface area contributed by atoms with Crippen LogP contribution in [0.15, 0.2) is 28.8 Å². The van der Waals surface area contributed by atoms with Crippen molar-refractivity contribution in [2.24, 2.45) is 0 Å². The molecular weight excluding hydrogens is 323 g/mol. The lowest BCUT2D eigenvalue weighted by atomic mass is 10.0. The molecule has 2 unspecified atom stereocenters. The van der Waals surface area contributed by atoms with Crippen molar-refractivity contribution in [3.05, 3.63) is 52.1 Å². The highest BCUT2D eigenvalue weighted by molar-refractivity contribution is 6.30. The molecule has 0 fully saturated rings. The van der Waals surface area contributed by atoms with Gasteiger partial charge in [-0.25, -0.2) is 4.39 Å². The average Bonchev–Trinajstić information content (AvgIpc) is 3.04. The second-order valence-electron chi connectivity index (χ2n) is 5.31. The molecule has 0 saturated heterocycles. The maximum atomic E-state index is 13.5. The van der Waals surface area contributed by atoms with Crippen LogP contribution in [0, 0.1) is 5.82 Å². The van der Waals surface area contributed by atoms with E-state index in [2.05, 4.69) is 10.5 Å². The van der Waals surface area contributed by atoms with Gasteiger partial charge >= 0.3 is 0 Å². The third-order valence-corrected chi connectivity index (χ3v) is 4.01. The Balaban J connectivity index is 2.13. The normalized spacial score (nSPS) is 13.6. The van der Waals surface area contributed by atoms with Gasteiger partial charge in [0.15, 0.2) is 0 Å². The molecule has 0 aliphatic heterocycles. The Morgan fingerprint density at radius 3 is 2.83 bits per heavy atom. The molecule has 1 aromatic carbocycles. The fraction of sp³-hybridized carbons (Fsp3) is 0.375. The highest BCUT2D eigenvalue weighted by Crippen LogP contribution is 2.22. The van der Waals surface area contributed by atoms with E-state index < -0.39 is 17.8 Å². The van der Waals surface area contributed by atoms with Crippen LogP contribution in [0.2, 0.25) is 5.02 Å². The minimum absolute atomic E-state index is 0.0230. The predicted molar refractivity (Wildman–Crippen MR) is 83.9 cm³/mol. The molecular formula is C16H18ClFN2O3. The minimum Gasteiger partial charge on any atom is -0.394 e. The molecule has 1 aromatic heterocycles. The highest BCUT2D eigenvalue weighted by Gasteiger charge is 2.20. The van der Waals surface area contributed by atoms with Gasteiger partial charge < -0.3 is 14.9 Å². The molecule has 1 heterocycles. The first kappa shape index (κ1) is 17.4. The van der Waals surface area contributed by atoms with E-state index in [1.54, 1.807) is 6.07 Å². The Kier molecular flexibility index (Phi) is 5.74. The molecule has 23 heavy (non-hydrogen) atoms. The number of aliphatic hydroxyl groups is 1. The van der Waals surface area contributed by atoms with Crippen LogP contribution in [0.5, 0.6) is 0 Å². The summed E-state index contributed by atoms with van der Waals surface area (Å²) in [7, 11) is 0. The van der Waals surface area contributed by atoms with Gasteiger partial charge in [0.1, 0.15) is 5.82 Å². The van der Waals surface area contributed by atoms with E-state index in [-0.39, 0.29) is 23.3 Å². The molecule has 0 radical (unpaired) electrons. The molecule has 0 bridgehead atoms. The van der Waals surface area contributed by atoms with Gasteiger partial charge in [0.2, 0.25) is 5.76 Å². The molecule has 2 rings (SSSR count). The van der Waals surface area contributed by atoms with Gasteiger partial charge in [0.25, 0.3) is 5.91 Å². The molecule has 1 amide bonds. The van der Waals surface area contributed by atoms with Crippen LogP contribution in [0.1, 0.15) is 54.0 Å². The van der Waals surface area contributed by atoms with Crippen LogP contribution in [0.25, 0.3) is 0 Å². The monoisotopic (exact) mass is 340 g/mol. The Hall–Kier alpha value is -1.92. The zero-order valence-corrected chi connectivity index (χ0v) is 13.6. The lowest BCUT2D eigenvalue weighted by molar-refractivity contribution is 0.0878. The van der Waals surface area contributed by atoms with E-state index in [1.807, 2.05) is 13.8 Å². The Labute approximate surface area is 138 Å². The number of amides is 1. The zero-order valence-electron chi connectivity index (χ0n) is 12.8. The number of nitrogens with one attached hydrogen (secondary N) is 1. The van der Waals surface area contributed by atoms with Gasteiger partial charge in [0.05, 0.1) is 23.4 Å². The number of carbonyl (C=O) groups is 1. The molecule has 2 aromatic rings. The van der Waals surface area contributed by atoms with Crippen LogP contribution in [-0.2, 0) is 0 Å². The summed E-state index contributed by atoms with van der Waals surface area (Å²) in [5.41, 5.74) is 1.10. The first-order valence-electron chi connectivity index (χ1n) is 7.29. The summed E-state index contributed by atoms with van der Waals surface area (Å²) < 4.78 is 18.5. The number of aliphatic hydroxyl groups excluding tert-OH is 1. The van der Waals surface area contributed by atoms with Crippen molar-refractivity contribution in [1.82, 2.24) is 10.5 Å². The zero-order chi connectivity index (χ0) is 17.0. The number of rotatable bonds is 6. The highest BCUT2D eigenvalue weighted by atomic mass is 35.5.